The maximum atomic E-state index is 12.0. The van der Waals surface area contributed by atoms with E-state index in [2.05, 4.69) is 21.2 Å². The van der Waals surface area contributed by atoms with Crippen molar-refractivity contribution in [3.8, 4) is 11.5 Å². The van der Waals surface area contributed by atoms with Gasteiger partial charge >= 0.3 is 0 Å². The topological polar surface area (TPSA) is 69.6 Å². The Morgan fingerprint density at radius 2 is 1.74 bits per heavy atom. The van der Waals surface area contributed by atoms with Gasteiger partial charge in [-0.1, -0.05) is 11.6 Å². The predicted molar refractivity (Wildman–Crippen MR) is 76.9 cm³/mol. The Morgan fingerprint density at radius 1 is 1.11 bits per heavy atom. The number of anilines is 1. The lowest BCUT2D eigenvalue weighted by Crippen LogP contribution is -2.12. The largest absolute Gasteiger partial charge is 0.508 e. The van der Waals surface area contributed by atoms with Crippen LogP contribution in [0.2, 0.25) is 5.02 Å². The average Bonchev–Trinajstić information content (AvgIpc) is 2.31. The standard InChI is InChI=1S/C13H9BrClNO3/c14-11-5-8(15)1-2-12(11)16-13(19)7-3-9(17)6-10(18)4-7/h1-6,17-18H,(H,16,19). The summed E-state index contributed by atoms with van der Waals surface area (Å²) in [7, 11) is 0. The number of halogens is 2. The zero-order valence-corrected chi connectivity index (χ0v) is 11.9. The fourth-order valence-electron chi connectivity index (χ4n) is 1.51. The molecule has 0 aromatic heterocycles. The van der Waals surface area contributed by atoms with Crippen molar-refractivity contribution in [1.29, 1.82) is 0 Å². The van der Waals surface area contributed by atoms with E-state index in [1.165, 1.54) is 12.1 Å². The average molecular weight is 343 g/mol. The number of benzene rings is 2. The molecule has 0 spiro atoms. The van der Waals surface area contributed by atoms with Crippen LogP contribution in [-0.4, -0.2) is 16.1 Å². The van der Waals surface area contributed by atoms with Crippen molar-refractivity contribution in [2.75, 3.05) is 5.32 Å². The Kier molecular flexibility index (Phi) is 3.97. The summed E-state index contributed by atoms with van der Waals surface area (Å²) < 4.78 is 0.637. The lowest BCUT2D eigenvalue weighted by Gasteiger charge is -2.08. The highest BCUT2D eigenvalue weighted by Crippen LogP contribution is 2.27. The first-order valence-electron chi connectivity index (χ1n) is 5.25. The van der Waals surface area contributed by atoms with Crippen molar-refractivity contribution in [2.24, 2.45) is 0 Å². The molecule has 3 N–H and O–H groups in total. The highest BCUT2D eigenvalue weighted by Gasteiger charge is 2.10. The van der Waals surface area contributed by atoms with Crippen LogP contribution in [0.1, 0.15) is 10.4 Å². The van der Waals surface area contributed by atoms with E-state index in [0.29, 0.717) is 15.2 Å². The number of nitrogens with one attached hydrogen (secondary N) is 1. The second kappa shape index (κ2) is 5.50. The normalized spacial score (nSPS) is 10.2. The molecule has 0 heterocycles. The third kappa shape index (κ3) is 3.39. The molecule has 0 aliphatic carbocycles. The molecule has 0 radical (unpaired) electrons. The van der Waals surface area contributed by atoms with E-state index in [4.69, 9.17) is 11.6 Å². The van der Waals surface area contributed by atoms with Gasteiger partial charge in [0.25, 0.3) is 5.91 Å². The Hall–Kier alpha value is -1.72. The maximum absolute atomic E-state index is 12.0. The molecule has 0 bridgehead atoms. The number of hydrogen-bond donors (Lipinski definition) is 3. The second-order valence-corrected chi connectivity index (χ2v) is 5.11. The summed E-state index contributed by atoms with van der Waals surface area (Å²) >= 11 is 9.08. The zero-order valence-electron chi connectivity index (χ0n) is 9.52. The van der Waals surface area contributed by atoms with Crippen molar-refractivity contribution >= 4 is 39.1 Å². The monoisotopic (exact) mass is 341 g/mol. The van der Waals surface area contributed by atoms with Crippen LogP contribution < -0.4 is 5.32 Å². The smallest absolute Gasteiger partial charge is 0.255 e. The van der Waals surface area contributed by atoms with Gasteiger partial charge in [0.2, 0.25) is 0 Å². The van der Waals surface area contributed by atoms with Crippen molar-refractivity contribution in [3.05, 3.63) is 51.5 Å². The van der Waals surface area contributed by atoms with Gasteiger partial charge in [-0.3, -0.25) is 4.79 Å². The van der Waals surface area contributed by atoms with Crippen molar-refractivity contribution < 1.29 is 15.0 Å². The molecule has 0 atom stereocenters. The number of hydrogen-bond acceptors (Lipinski definition) is 3. The van der Waals surface area contributed by atoms with Gasteiger partial charge in [-0.2, -0.15) is 0 Å². The van der Waals surface area contributed by atoms with Crippen molar-refractivity contribution in [3.63, 3.8) is 0 Å². The molecule has 0 aliphatic heterocycles. The molecular formula is C13H9BrClNO3. The Labute approximate surface area is 122 Å². The number of rotatable bonds is 2. The summed E-state index contributed by atoms with van der Waals surface area (Å²) in [6.45, 7) is 0. The van der Waals surface area contributed by atoms with E-state index in [9.17, 15) is 15.0 Å². The quantitative estimate of drug-likeness (QED) is 0.778. The minimum absolute atomic E-state index is 0.152. The second-order valence-electron chi connectivity index (χ2n) is 3.82. The number of carbonyl (C=O) groups is 1. The summed E-state index contributed by atoms with van der Waals surface area (Å²) in [4.78, 5) is 12.0. The van der Waals surface area contributed by atoms with Crippen LogP contribution in [0.25, 0.3) is 0 Å². The first kappa shape index (κ1) is 13.7. The molecule has 1 amide bonds. The minimum Gasteiger partial charge on any atom is -0.508 e. The molecule has 0 saturated heterocycles. The highest BCUT2D eigenvalue weighted by molar-refractivity contribution is 9.10. The number of phenols is 2. The van der Waals surface area contributed by atoms with E-state index in [1.807, 2.05) is 0 Å². The van der Waals surface area contributed by atoms with Crippen LogP contribution in [0.4, 0.5) is 5.69 Å². The SMILES string of the molecule is O=C(Nc1ccc(Cl)cc1Br)c1cc(O)cc(O)c1. The molecule has 0 aliphatic rings. The fourth-order valence-corrected chi connectivity index (χ4v) is 2.29. The van der Waals surface area contributed by atoms with Gasteiger partial charge in [0.15, 0.2) is 0 Å². The predicted octanol–water partition coefficient (Wildman–Crippen LogP) is 3.77. The molecule has 2 aromatic rings. The van der Waals surface area contributed by atoms with Crippen LogP contribution >= 0.6 is 27.5 Å². The zero-order chi connectivity index (χ0) is 14.0. The van der Waals surface area contributed by atoms with Gasteiger partial charge in [0.1, 0.15) is 11.5 Å². The molecule has 0 saturated carbocycles. The molecule has 6 heteroatoms. The van der Waals surface area contributed by atoms with Gasteiger partial charge in [-0.15, -0.1) is 0 Å². The van der Waals surface area contributed by atoms with E-state index in [0.717, 1.165) is 6.07 Å². The van der Waals surface area contributed by atoms with E-state index < -0.39 is 5.91 Å². The number of phenolic OH excluding ortho intramolecular Hbond substituents is 2. The summed E-state index contributed by atoms with van der Waals surface area (Å²) in [6, 6.07) is 8.61. The molecule has 2 rings (SSSR count). The van der Waals surface area contributed by atoms with Gasteiger partial charge < -0.3 is 15.5 Å². The van der Waals surface area contributed by atoms with Gasteiger partial charge in [-0.05, 0) is 46.3 Å². The molecule has 4 nitrogen and oxygen atoms in total. The summed E-state index contributed by atoms with van der Waals surface area (Å²) in [5.41, 5.74) is 0.691. The van der Waals surface area contributed by atoms with Crippen LogP contribution in [0.3, 0.4) is 0 Å². The molecule has 0 fully saturated rings. The fraction of sp³-hybridized carbons (Fsp3) is 0. The Balaban J connectivity index is 2.25. The number of carbonyl (C=O) groups excluding carboxylic acids is 1. The van der Waals surface area contributed by atoms with Crippen LogP contribution in [-0.2, 0) is 0 Å². The molecule has 19 heavy (non-hydrogen) atoms. The first-order chi connectivity index (χ1) is 8.95. The van der Waals surface area contributed by atoms with Gasteiger partial charge in [0, 0.05) is 21.1 Å². The third-order valence-electron chi connectivity index (χ3n) is 2.34. The summed E-state index contributed by atoms with van der Waals surface area (Å²) in [6.07, 6.45) is 0. The number of aromatic hydroxyl groups is 2. The Bertz CT molecular complexity index is 626. The maximum Gasteiger partial charge on any atom is 0.255 e. The molecule has 2 aromatic carbocycles. The van der Waals surface area contributed by atoms with Crippen molar-refractivity contribution in [1.82, 2.24) is 0 Å². The molecule has 0 unspecified atom stereocenters. The number of amides is 1. The third-order valence-corrected chi connectivity index (χ3v) is 3.24. The van der Waals surface area contributed by atoms with Crippen LogP contribution in [0.5, 0.6) is 11.5 Å². The van der Waals surface area contributed by atoms with Crippen LogP contribution in [0.15, 0.2) is 40.9 Å². The van der Waals surface area contributed by atoms with E-state index >= 15 is 0 Å². The van der Waals surface area contributed by atoms with E-state index in [-0.39, 0.29) is 17.1 Å². The van der Waals surface area contributed by atoms with E-state index in [1.54, 1.807) is 18.2 Å². The van der Waals surface area contributed by atoms with Gasteiger partial charge in [-0.25, -0.2) is 0 Å². The van der Waals surface area contributed by atoms with Gasteiger partial charge in [0.05, 0.1) is 5.69 Å². The molecular weight excluding hydrogens is 334 g/mol. The van der Waals surface area contributed by atoms with Crippen molar-refractivity contribution in [2.45, 2.75) is 0 Å². The minimum atomic E-state index is -0.450. The van der Waals surface area contributed by atoms with Crippen LogP contribution in [0, 0.1) is 0 Å². The highest BCUT2D eigenvalue weighted by atomic mass is 79.9. The lowest BCUT2D eigenvalue weighted by atomic mass is 10.2. The Morgan fingerprint density at radius 3 is 2.32 bits per heavy atom. The first-order valence-corrected chi connectivity index (χ1v) is 6.42. The summed E-state index contributed by atoms with van der Waals surface area (Å²) in [5, 5.41) is 21.8. The summed E-state index contributed by atoms with van der Waals surface area (Å²) in [5.74, 6) is -0.810. The lowest BCUT2D eigenvalue weighted by molar-refractivity contribution is 0.102. The molecule has 98 valence electrons.